The maximum absolute atomic E-state index is 13.5. The molecule has 1 fully saturated rings. The number of rotatable bonds is 7. The quantitative estimate of drug-likeness (QED) is 0.326. The van der Waals surface area contributed by atoms with E-state index in [4.69, 9.17) is 4.74 Å². The largest absolute Gasteiger partial charge is 0.453 e. The maximum atomic E-state index is 13.5. The van der Waals surface area contributed by atoms with Crippen LogP contribution in [0.4, 0.5) is 0 Å². The molecule has 5 heteroatoms. The van der Waals surface area contributed by atoms with E-state index in [-0.39, 0.29) is 12.1 Å². The Morgan fingerprint density at radius 1 is 1.03 bits per heavy atom. The first-order valence-electron chi connectivity index (χ1n) is 11.9. The molecule has 2 unspecified atom stereocenters. The number of ether oxygens (including phenoxy) is 1. The minimum Gasteiger partial charge on any atom is -0.453 e. The van der Waals surface area contributed by atoms with Crippen molar-refractivity contribution >= 4 is 12.3 Å². The van der Waals surface area contributed by atoms with Gasteiger partial charge in [-0.3, -0.25) is 0 Å². The zero-order valence-corrected chi connectivity index (χ0v) is 19.4. The minimum absolute atomic E-state index is 0.145. The van der Waals surface area contributed by atoms with Gasteiger partial charge in [-0.15, -0.1) is 0 Å². The zero-order chi connectivity index (χ0) is 23.8. The summed E-state index contributed by atoms with van der Waals surface area (Å²) in [6.07, 6.45) is 2.62. The highest BCUT2D eigenvalue weighted by Gasteiger charge is 2.51. The third-order valence-corrected chi connectivity index (χ3v) is 7.57. The molecule has 0 amide bonds. The highest BCUT2D eigenvalue weighted by molar-refractivity contribution is 5.96. The first-order valence-corrected chi connectivity index (χ1v) is 11.9. The van der Waals surface area contributed by atoms with E-state index in [9.17, 15) is 14.7 Å². The summed E-state index contributed by atoms with van der Waals surface area (Å²) in [7, 11) is 2.17. The summed E-state index contributed by atoms with van der Waals surface area (Å²) < 4.78 is 6.72. The summed E-state index contributed by atoms with van der Waals surface area (Å²) >= 11 is 0. The Labute approximate surface area is 200 Å². The molecular weight excluding hydrogens is 426 g/mol. The standard InChI is InChI=1S/C29H30NO4/c1-30(27(16-9-19-31)21-10-3-2-4-11-21)18-17-22(20-30)34-28(32)29(33)25-14-7-5-12-23(25)24-13-6-8-15-26(24)29/h2-8,10-15,19,22,27,33H,9,16-18,20H2,1H3/q+1/t22-,27?,30?/m1/s1. The summed E-state index contributed by atoms with van der Waals surface area (Å²) in [4.78, 5) is 24.7. The number of esters is 1. The third-order valence-electron chi connectivity index (χ3n) is 7.57. The fourth-order valence-corrected chi connectivity index (χ4v) is 5.87. The van der Waals surface area contributed by atoms with Crippen molar-refractivity contribution in [2.45, 2.75) is 37.0 Å². The van der Waals surface area contributed by atoms with Crippen LogP contribution in [-0.2, 0) is 19.9 Å². The summed E-state index contributed by atoms with van der Waals surface area (Å²) in [6.45, 7) is 1.48. The van der Waals surface area contributed by atoms with Crippen LogP contribution in [0.3, 0.4) is 0 Å². The molecule has 0 radical (unpaired) electrons. The van der Waals surface area contributed by atoms with Crippen molar-refractivity contribution in [3.05, 3.63) is 95.6 Å². The van der Waals surface area contributed by atoms with Gasteiger partial charge >= 0.3 is 5.97 Å². The second kappa shape index (κ2) is 8.82. The number of nitrogens with zero attached hydrogens (tertiary/aromatic N) is 1. The first kappa shape index (κ1) is 22.5. The van der Waals surface area contributed by atoms with Crippen LogP contribution in [0.15, 0.2) is 78.9 Å². The molecule has 3 atom stereocenters. The van der Waals surface area contributed by atoms with Crippen LogP contribution < -0.4 is 0 Å². The molecule has 5 nitrogen and oxygen atoms in total. The summed E-state index contributed by atoms with van der Waals surface area (Å²) in [6, 6.07) is 25.4. The van der Waals surface area contributed by atoms with Crippen LogP contribution in [-0.4, -0.2) is 48.1 Å². The Kier molecular flexibility index (Phi) is 5.84. The van der Waals surface area contributed by atoms with Crippen LogP contribution in [0.2, 0.25) is 0 Å². The van der Waals surface area contributed by atoms with E-state index in [1.807, 2.05) is 54.6 Å². The lowest BCUT2D eigenvalue weighted by Crippen LogP contribution is -2.46. The Morgan fingerprint density at radius 3 is 2.24 bits per heavy atom. The molecule has 1 heterocycles. The molecule has 34 heavy (non-hydrogen) atoms. The molecule has 1 N–H and O–H groups in total. The summed E-state index contributed by atoms with van der Waals surface area (Å²) in [5.41, 5.74) is 2.26. The number of carbonyl (C=O) groups excluding carboxylic acids is 2. The van der Waals surface area contributed by atoms with E-state index >= 15 is 0 Å². The second-order valence-electron chi connectivity index (χ2n) is 9.67. The molecule has 1 aliphatic heterocycles. The molecule has 0 bridgehead atoms. The Hall–Kier alpha value is -3.28. The van der Waals surface area contributed by atoms with Crippen LogP contribution in [0.1, 0.15) is 42.0 Å². The predicted molar refractivity (Wildman–Crippen MR) is 130 cm³/mol. The van der Waals surface area contributed by atoms with E-state index in [1.54, 1.807) is 12.1 Å². The van der Waals surface area contributed by atoms with E-state index in [0.717, 1.165) is 30.4 Å². The van der Waals surface area contributed by atoms with Gasteiger partial charge in [-0.05, 0) is 11.1 Å². The molecule has 1 saturated heterocycles. The lowest BCUT2D eigenvalue weighted by atomic mass is 9.91. The number of fused-ring (bicyclic) bond motifs is 3. The van der Waals surface area contributed by atoms with Gasteiger partial charge in [-0.1, -0.05) is 78.9 Å². The fourth-order valence-electron chi connectivity index (χ4n) is 5.87. The smallest absolute Gasteiger partial charge is 0.348 e. The van der Waals surface area contributed by atoms with Gasteiger partial charge in [-0.25, -0.2) is 4.79 Å². The van der Waals surface area contributed by atoms with E-state index in [0.29, 0.717) is 35.0 Å². The number of hydrogen-bond donors (Lipinski definition) is 1. The van der Waals surface area contributed by atoms with Gasteiger partial charge in [0.05, 0.1) is 13.6 Å². The average molecular weight is 457 g/mol. The molecule has 1 aliphatic carbocycles. The lowest BCUT2D eigenvalue weighted by molar-refractivity contribution is -0.929. The minimum atomic E-state index is -1.81. The molecule has 0 spiro atoms. The molecule has 174 valence electrons. The van der Waals surface area contributed by atoms with E-state index in [1.165, 1.54) is 5.56 Å². The van der Waals surface area contributed by atoms with Crippen LogP contribution in [0.25, 0.3) is 11.1 Å². The molecule has 5 rings (SSSR count). The van der Waals surface area contributed by atoms with Crippen molar-refractivity contribution in [1.82, 2.24) is 0 Å². The van der Waals surface area contributed by atoms with Crippen molar-refractivity contribution in [3.8, 4) is 11.1 Å². The highest BCUT2D eigenvalue weighted by atomic mass is 16.6. The van der Waals surface area contributed by atoms with Gasteiger partial charge in [0.2, 0.25) is 5.60 Å². The molecular formula is C29H30NO4+. The number of quaternary nitrogens is 1. The Morgan fingerprint density at radius 2 is 1.62 bits per heavy atom. The van der Waals surface area contributed by atoms with Crippen LogP contribution in [0.5, 0.6) is 0 Å². The zero-order valence-electron chi connectivity index (χ0n) is 19.4. The van der Waals surface area contributed by atoms with Crippen molar-refractivity contribution < 1.29 is 23.9 Å². The molecule has 0 aromatic heterocycles. The maximum Gasteiger partial charge on any atom is 0.348 e. The van der Waals surface area contributed by atoms with Crippen molar-refractivity contribution in [3.63, 3.8) is 0 Å². The normalized spacial score (nSPS) is 23.1. The first-order chi connectivity index (χ1) is 16.5. The predicted octanol–water partition coefficient (Wildman–Crippen LogP) is 4.39. The van der Waals surface area contributed by atoms with Gasteiger partial charge in [0.15, 0.2) is 6.10 Å². The van der Waals surface area contributed by atoms with Gasteiger partial charge < -0.3 is 19.1 Å². The van der Waals surface area contributed by atoms with Crippen LogP contribution >= 0.6 is 0 Å². The van der Waals surface area contributed by atoms with Crippen molar-refractivity contribution in [2.24, 2.45) is 0 Å². The number of benzene rings is 3. The fraction of sp³-hybridized carbons (Fsp3) is 0.310. The van der Waals surface area contributed by atoms with Crippen molar-refractivity contribution in [1.29, 1.82) is 0 Å². The monoisotopic (exact) mass is 456 g/mol. The molecule has 3 aromatic rings. The van der Waals surface area contributed by atoms with Gasteiger partial charge in [0.1, 0.15) is 18.9 Å². The van der Waals surface area contributed by atoms with Crippen molar-refractivity contribution in [2.75, 3.05) is 20.1 Å². The summed E-state index contributed by atoms with van der Waals surface area (Å²) in [5, 5.41) is 11.7. The van der Waals surface area contributed by atoms with Gasteiger partial charge in [-0.2, -0.15) is 0 Å². The third kappa shape index (κ3) is 3.65. The number of carbonyl (C=O) groups is 2. The second-order valence-corrected chi connectivity index (χ2v) is 9.67. The van der Waals surface area contributed by atoms with E-state index in [2.05, 4.69) is 19.2 Å². The SMILES string of the molecule is C[N+]1(C(CCC=O)c2ccccc2)CC[C@@H](OC(=O)C2(O)c3ccccc3-c3ccccc32)C1. The number of aldehydes is 1. The number of hydrogen-bond acceptors (Lipinski definition) is 4. The topological polar surface area (TPSA) is 63.6 Å². The van der Waals surface area contributed by atoms with Gasteiger partial charge in [0.25, 0.3) is 0 Å². The Balaban J connectivity index is 1.39. The Bertz CT molecular complexity index is 1160. The van der Waals surface area contributed by atoms with Gasteiger partial charge in [0, 0.05) is 36.0 Å². The molecule has 3 aromatic carbocycles. The van der Waals surface area contributed by atoms with E-state index < -0.39 is 11.6 Å². The molecule has 2 aliphatic rings. The highest BCUT2D eigenvalue weighted by Crippen LogP contribution is 2.48. The number of likely N-dealkylation sites (N-methyl/N-ethyl adjacent to an activating group) is 1. The average Bonchev–Trinajstić information content (AvgIpc) is 3.37. The summed E-state index contributed by atoms with van der Waals surface area (Å²) in [5.74, 6) is -0.618. The number of likely N-dealkylation sites (tertiary alicyclic amines) is 1. The number of aliphatic hydroxyl groups is 1. The lowest BCUT2D eigenvalue weighted by Gasteiger charge is -2.38. The molecule has 0 saturated carbocycles. The van der Waals surface area contributed by atoms with Crippen LogP contribution in [0, 0.1) is 0 Å².